The fourth-order valence-electron chi connectivity index (χ4n) is 5.19. The number of benzene rings is 3. The van der Waals surface area contributed by atoms with E-state index in [-0.39, 0.29) is 29.2 Å². The van der Waals surface area contributed by atoms with Crippen molar-refractivity contribution >= 4 is 45.7 Å². The van der Waals surface area contributed by atoms with Crippen molar-refractivity contribution in [3.63, 3.8) is 0 Å². The van der Waals surface area contributed by atoms with Crippen molar-refractivity contribution in [1.82, 2.24) is 10.2 Å². The van der Waals surface area contributed by atoms with E-state index in [4.69, 9.17) is 9.47 Å². The maximum absolute atomic E-state index is 13.6. The van der Waals surface area contributed by atoms with Crippen LogP contribution in [0.2, 0.25) is 0 Å². The third-order valence-corrected chi connectivity index (χ3v) is 9.37. The Kier molecular flexibility index (Phi) is 8.05. The topological polar surface area (TPSA) is 102 Å². The largest absolute Gasteiger partial charge is 0.507 e. The van der Waals surface area contributed by atoms with Gasteiger partial charge in [-0.3, -0.25) is 14.5 Å². The normalized spacial score (nSPS) is 18.9. The average molecular weight is 612 g/mol. The summed E-state index contributed by atoms with van der Waals surface area (Å²) in [5, 5.41) is 20.5. The van der Waals surface area contributed by atoms with E-state index in [1.807, 2.05) is 19.9 Å². The first-order valence-corrected chi connectivity index (χ1v) is 15.6. The van der Waals surface area contributed by atoms with Crippen LogP contribution in [0.3, 0.4) is 0 Å². The number of carbonyl (C=O) groups excluding carboxylic acids is 2. The van der Waals surface area contributed by atoms with E-state index >= 15 is 0 Å². The van der Waals surface area contributed by atoms with Gasteiger partial charge >= 0.3 is 5.91 Å². The summed E-state index contributed by atoms with van der Waals surface area (Å²) in [5.74, 6) is 0.128. The van der Waals surface area contributed by atoms with Gasteiger partial charge in [-0.1, -0.05) is 77.7 Å². The highest BCUT2D eigenvalue weighted by molar-refractivity contribution is 8.00. The zero-order valence-electron chi connectivity index (χ0n) is 23.6. The molecule has 3 aromatic carbocycles. The van der Waals surface area contributed by atoms with Gasteiger partial charge in [0.15, 0.2) is 4.34 Å². The molecular formula is C33H29N3O5S2. The third-order valence-electron chi connectivity index (χ3n) is 7.24. The van der Waals surface area contributed by atoms with Crippen LogP contribution in [-0.4, -0.2) is 39.7 Å². The van der Waals surface area contributed by atoms with Gasteiger partial charge in [0.2, 0.25) is 5.13 Å². The Morgan fingerprint density at radius 1 is 1.16 bits per heavy atom. The van der Waals surface area contributed by atoms with Gasteiger partial charge in [-0.25, -0.2) is 0 Å². The lowest BCUT2D eigenvalue weighted by atomic mass is 9.94. The zero-order valence-corrected chi connectivity index (χ0v) is 25.3. The SMILES string of the molecule is C=CCOc1cccc(C2/C(=C(/O)c3ccc4c(c3)CC(C)O4)C(=O)C(=O)N2c2nnc(SCc3ccc(C)cc3)s2)c1. The van der Waals surface area contributed by atoms with Crippen LogP contribution in [0.25, 0.3) is 5.76 Å². The van der Waals surface area contributed by atoms with Gasteiger partial charge in [0, 0.05) is 17.7 Å². The quantitative estimate of drug-likeness (QED) is 0.0561. The second-order valence-corrected chi connectivity index (χ2v) is 12.6. The predicted octanol–water partition coefficient (Wildman–Crippen LogP) is 6.65. The lowest BCUT2D eigenvalue weighted by Gasteiger charge is -2.23. The van der Waals surface area contributed by atoms with Crippen molar-refractivity contribution in [2.45, 2.75) is 42.5 Å². The molecule has 2 aliphatic heterocycles. The van der Waals surface area contributed by atoms with Crippen LogP contribution in [0.5, 0.6) is 11.5 Å². The van der Waals surface area contributed by atoms with Crippen LogP contribution in [0.4, 0.5) is 5.13 Å². The van der Waals surface area contributed by atoms with Crippen molar-refractivity contribution < 1.29 is 24.2 Å². The van der Waals surface area contributed by atoms with E-state index in [1.165, 1.54) is 33.6 Å². The van der Waals surface area contributed by atoms with Crippen molar-refractivity contribution in [3.05, 3.63) is 113 Å². The molecule has 1 fully saturated rings. The fraction of sp³-hybridized carbons (Fsp3) is 0.212. The smallest absolute Gasteiger partial charge is 0.301 e. The molecule has 4 aromatic rings. The predicted molar refractivity (Wildman–Crippen MR) is 168 cm³/mol. The number of aliphatic hydroxyl groups is 1. The molecule has 2 aliphatic rings. The monoisotopic (exact) mass is 611 g/mol. The molecule has 0 spiro atoms. The van der Waals surface area contributed by atoms with Crippen molar-refractivity contribution in [2.75, 3.05) is 11.5 Å². The van der Waals surface area contributed by atoms with Gasteiger partial charge in [-0.2, -0.15) is 0 Å². The number of anilines is 1. The number of rotatable bonds is 9. The molecule has 43 heavy (non-hydrogen) atoms. The second kappa shape index (κ2) is 12.1. The number of ether oxygens (including phenoxy) is 2. The number of hydrogen-bond acceptors (Lipinski definition) is 9. The first kappa shape index (κ1) is 28.7. The molecule has 0 radical (unpaired) electrons. The number of aromatic nitrogens is 2. The van der Waals surface area contributed by atoms with Crippen LogP contribution in [0.15, 0.2) is 89.3 Å². The maximum atomic E-state index is 13.6. The highest BCUT2D eigenvalue weighted by Gasteiger charge is 2.48. The highest BCUT2D eigenvalue weighted by atomic mass is 32.2. The Labute approximate surface area is 257 Å². The van der Waals surface area contributed by atoms with Crippen LogP contribution in [0.1, 0.15) is 40.8 Å². The molecule has 2 atom stereocenters. The minimum absolute atomic E-state index is 0.0201. The van der Waals surface area contributed by atoms with Crippen LogP contribution >= 0.6 is 23.1 Å². The Bertz CT molecular complexity index is 1750. The lowest BCUT2D eigenvalue weighted by Crippen LogP contribution is -2.29. The molecule has 6 rings (SSSR count). The lowest BCUT2D eigenvalue weighted by molar-refractivity contribution is -0.132. The third kappa shape index (κ3) is 5.80. The molecule has 0 aliphatic carbocycles. The number of ketones is 1. The summed E-state index contributed by atoms with van der Waals surface area (Å²) in [6.07, 6.45) is 2.34. The molecule has 0 bridgehead atoms. The minimum Gasteiger partial charge on any atom is -0.507 e. The molecule has 1 saturated heterocycles. The summed E-state index contributed by atoms with van der Waals surface area (Å²) in [4.78, 5) is 28.6. The number of amides is 1. The molecule has 1 amide bonds. The molecule has 2 unspecified atom stereocenters. The van der Waals surface area contributed by atoms with E-state index < -0.39 is 17.7 Å². The highest BCUT2D eigenvalue weighted by Crippen LogP contribution is 2.45. The zero-order chi connectivity index (χ0) is 30.1. The Morgan fingerprint density at radius 3 is 2.77 bits per heavy atom. The number of aryl methyl sites for hydroxylation is 1. The molecule has 10 heteroatoms. The molecule has 3 heterocycles. The van der Waals surface area contributed by atoms with Crippen LogP contribution < -0.4 is 14.4 Å². The summed E-state index contributed by atoms with van der Waals surface area (Å²) in [7, 11) is 0. The van der Waals surface area contributed by atoms with E-state index in [2.05, 4.69) is 41.0 Å². The summed E-state index contributed by atoms with van der Waals surface area (Å²) in [6.45, 7) is 8.00. The van der Waals surface area contributed by atoms with Gasteiger partial charge in [0.25, 0.3) is 5.78 Å². The maximum Gasteiger partial charge on any atom is 0.301 e. The number of hydrogen-bond donors (Lipinski definition) is 1. The molecule has 1 N–H and O–H groups in total. The Hall–Kier alpha value is -4.41. The van der Waals surface area contributed by atoms with Crippen molar-refractivity contribution in [3.8, 4) is 11.5 Å². The van der Waals surface area contributed by atoms with Gasteiger partial charge < -0.3 is 14.6 Å². The van der Waals surface area contributed by atoms with E-state index in [0.717, 1.165) is 16.9 Å². The van der Waals surface area contributed by atoms with E-state index in [1.54, 1.807) is 42.5 Å². The molecule has 1 aromatic heterocycles. The van der Waals surface area contributed by atoms with Crippen LogP contribution in [0, 0.1) is 6.92 Å². The number of fused-ring (bicyclic) bond motifs is 1. The van der Waals surface area contributed by atoms with Gasteiger partial charge in [0.1, 0.15) is 30.0 Å². The number of aliphatic hydroxyl groups excluding tert-OH is 1. The molecule has 8 nitrogen and oxygen atoms in total. The average Bonchev–Trinajstić information content (AvgIpc) is 3.70. The molecule has 0 saturated carbocycles. The summed E-state index contributed by atoms with van der Waals surface area (Å²) in [6, 6.07) is 19.7. The van der Waals surface area contributed by atoms with Crippen molar-refractivity contribution in [1.29, 1.82) is 0 Å². The Morgan fingerprint density at radius 2 is 1.98 bits per heavy atom. The van der Waals surface area contributed by atoms with Gasteiger partial charge in [-0.15, -0.1) is 10.2 Å². The number of carbonyl (C=O) groups is 2. The molecular weight excluding hydrogens is 583 g/mol. The summed E-state index contributed by atoms with van der Waals surface area (Å²) >= 11 is 2.73. The van der Waals surface area contributed by atoms with E-state index in [9.17, 15) is 14.7 Å². The first-order valence-electron chi connectivity index (χ1n) is 13.8. The fourth-order valence-corrected chi connectivity index (χ4v) is 7.01. The first-order chi connectivity index (χ1) is 20.8. The number of nitrogens with zero attached hydrogens (tertiary/aromatic N) is 3. The van der Waals surface area contributed by atoms with Crippen LogP contribution in [-0.2, 0) is 21.8 Å². The number of thioether (sulfide) groups is 1. The Balaban J connectivity index is 1.39. The van der Waals surface area contributed by atoms with Gasteiger partial charge in [-0.05, 0) is 60.9 Å². The standard InChI is InChI=1S/C33H29N3O5S2/c1-4-14-40-25-7-5-6-22(17-25)28-27(29(37)23-12-13-26-24(16-23)15-20(3)41-26)30(38)31(39)36(28)32-34-35-33(43-32)42-18-21-10-8-19(2)9-11-21/h4-13,16-17,20,28,37H,1,14-15,18H2,2-3H3/b29-27-. The number of Topliss-reactive ketones (excluding diaryl/α,β-unsaturated/α-hetero) is 1. The summed E-state index contributed by atoms with van der Waals surface area (Å²) < 4.78 is 12.2. The molecule has 218 valence electrons. The summed E-state index contributed by atoms with van der Waals surface area (Å²) in [5.41, 5.74) is 4.25. The van der Waals surface area contributed by atoms with Crippen molar-refractivity contribution in [2.24, 2.45) is 0 Å². The minimum atomic E-state index is -0.946. The van der Waals surface area contributed by atoms with Gasteiger partial charge in [0.05, 0.1) is 11.6 Å². The van der Waals surface area contributed by atoms with E-state index in [0.29, 0.717) is 33.4 Å². The second-order valence-electron chi connectivity index (χ2n) is 10.4.